The minimum absolute atomic E-state index is 0.00148. The first-order valence-electron chi connectivity index (χ1n) is 3.93. The molecule has 1 aromatic carbocycles. The van der Waals surface area contributed by atoms with Crippen molar-refractivity contribution in [1.29, 1.82) is 0 Å². The average Bonchev–Trinajstić information content (AvgIpc) is 2.14. The molecule has 1 rings (SSSR count). The number of hydrogen-bond donors (Lipinski definition) is 0. The van der Waals surface area contributed by atoms with Gasteiger partial charge in [0.2, 0.25) is 6.08 Å². The van der Waals surface area contributed by atoms with Crippen LogP contribution in [0.15, 0.2) is 23.2 Å². The summed E-state index contributed by atoms with van der Waals surface area (Å²) < 4.78 is 0. The number of carbonyl (C=O) groups excluding carboxylic acids is 1. The lowest BCUT2D eigenvalue weighted by Crippen LogP contribution is -1.97. The molecule has 0 aromatic heterocycles. The molecule has 5 heteroatoms. The Morgan fingerprint density at radius 1 is 1.57 bits per heavy atom. The standard InChI is InChI=1S/C9H8N2O3/c1-7-3-2-4-8(5-10-6-12)9(7)11(13)14/h2-4H,5H2,1H3. The number of nitro benzene ring substituents is 1. The van der Waals surface area contributed by atoms with Crippen LogP contribution in [0.2, 0.25) is 0 Å². The number of nitro groups is 1. The first-order valence-corrected chi connectivity index (χ1v) is 3.93. The summed E-state index contributed by atoms with van der Waals surface area (Å²) in [5.74, 6) is 0. The van der Waals surface area contributed by atoms with E-state index in [1.54, 1.807) is 25.1 Å². The van der Waals surface area contributed by atoms with Crippen molar-refractivity contribution in [1.82, 2.24) is 0 Å². The maximum atomic E-state index is 10.7. The fourth-order valence-electron chi connectivity index (χ4n) is 1.23. The highest BCUT2D eigenvalue weighted by molar-refractivity contribution is 5.47. The van der Waals surface area contributed by atoms with Crippen LogP contribution in [0.1, 0.15) is 11.1 Å². The largest absolute Gasteiger partial charge is 0.277 e. The first kappa shape index (κ1) is 10.1. The summed E-state index contributed by atoms with van der Waals surface area (Å²) >= 11 is 0. The zero-order valence-corrected chi connectivity index (χ0v) is 7.56. The van der Waals surface area contributed by atoms with E-state index < -0.39 is 4.92 Å². The summed E-state index contributed by atoms with van der Waals surface area (Å²) in [6.45, 7) is 1.65. The van der Waals surface area contributed by atoms with Crippen LogP contribution in [0.25, 0.3) is 0 Å². The monoisotopic (exact) mass is 192 g/mol. The summed E-state index contributed by atoms with van der Waals surface area (Å²) in [6.07, 6.45) is 1.35. The van der Waals surface area contributed by atoms with Crippen LogP contribution >= 0.6 is 0 Å². The van der Waals surface area contributed by atoms with E-state index in [0.717, 1.165) is 0 Å². The van der Waals surface area contributed by atoms with E-state index in [-0.39, 0.29) is 12.2 Å². The van der Waals surface area contributed by atoms with Gasteiger partial charge < -0.3 is 0 Å². The Morgan fingerprint density at radius 3 is 2.86 bits per heavy atom. The summed E-state index contributed by atoms with van der Waals surface area (Å²) in [7, 11) is 0. The number of isocyanates is 1. The molecule has 0 fully saturated rings. The van der Waals surface area contributed by atoms with Crippen molar-refractivity contribution >= 4 is 11.8 Å². The van der Waals surface area contributed by atoms with E-state index in [1.165, 1.54) is 6.08 Å². The molecule has 0 aliphatic rings. The van der Waals surface area contributed by atoms with Crippen molar-refractivity contribution in [2.45, 2.75) is 13.5 Å². The van der Waals surface area contributed by atoms with Crippen LogP contribution in [0.4, 0.5) is 5.69 Å². The SMILES string of the molecule is Cc1cccc(CN=C=O)c1[N+](=O)[O-]. The molecule has 0 saturated heterocycles. The van der Waals surface area contributed by atoms with E-state index in [2.05, 4.69) is 4.99 Å². The predicted molar refractivity (Wildman–Crippen MR) is 49.7 cm³/mol. The van der Waals surface area contributed by atoms with Gasteiger partial charge in [-0.1, -0.05) is 18.2 Å². The highest BCUT2D eigenvalue weighted by atomic mass is 16.6. The molecule has 0 heterocycles. The van der Waals surface area contributed by atoms with Gasteiger partial charge in [0.15, 0.2) is 0 Å². The van der Waals surface area contributed by atoms with E-state index in [4.69, 9.17) is 0 Å². The highest BCUT2D eigenvalue weighted by Gasteiger charge is 2.15. The molecular weight excluding hydrogens is 184 g/mol. The third-order valence-corrected chi connectivity index (χ3v) is 1.82. The Bertz CT molecular complexity index is 409. The van der Waals surface area contributed by atoms with Crippen LogP contribution < -0.4 is 0 Å². The summed E-state index contributed by atoms with van der Waals surface area (Å²) in [5, 5.41) is 10.7. The van der Waals surface area contributed by atoms with E-state index in [9.17, 15) is 14.9 Å². The number of rotatable bonds is 3. The Balaban J connectivity index is 3.20. The van der Waals surface area contributed by atoms with Crippen molar-refractivity contribution < 1.29 is 9.72 Å². The Labute approximate surface area is 80.2 Å². The average molecular weight is 192 g/mol. The van der Waals surface area contributed by atoms with Crippen molar-refractivity contribution in [2.75, 3.05) is 0 Å². The number of benzene rings is 1. The quantitative estimate of drug-likeness (QED) is 0.317. The Kier molecular flexibility index (Phi) is 3.09. The van der Waals surface area contributed by atoms with Crippen LogP contribution in [0, 0.1) is 17.0 Å². The molecule has 1 aromatic rings. The second-order valence-electron chi connectivity index (χ2n) is 2.75. The van der Waals surface area contributed by atoms with Gasteiger partial charge in [-0.15, -0.1) is 0 Å². The van der Waals surface area contributed by atoms with Gasteiger partial charge in [0.1, 0.15) is 0 Å². The molecule has 0 N–H and O–H groups in total. The van der Waals surface area contributed by atoms with E-state index >= 15 is 0 Å². The molecule has 0 spiro atoms. The van der Waals surface area contributed by atoms with Gasteiger partial charge >= 0.3 is 0 Å². The number of nitrogens with zero attached hydrogens (tertiary/aromatic N) is 2. The smallest absolute Gasteiger partial charge is 0.258 e. The normalized spacial score (nSPS) is 9.21. The van der Waals surface area contributed by atoms with Crippen molar-refractivity contribution in [3.63, 3.8) is 0 Å². The number of aliphatic imine (C=N–C) groups is 1. The van der Waals surface area contributed by atoms with Crippen LogP contribution in [0.3, 0.4) is 0 Å². The number of hydrogen-bond acceptors (Lipinski definition) is 4. The van der Waals surface area contributed by atoms with Crippen LogP contribution in [-0.2, 0) is 11.3 Å². The molecule has 0 unspecified atom stereocenters. The molecule has 0 atom stereocenters. The van der Waals surface area contributed by atoms with Gasteiger partial charge in [-0.25, -0.2) is 9.79 Å². The summed E-state index contributed by atoms with van der Waals surface area (Å²) in [4.78, 5) is 23.4. The fourth-order valence-corrected chi connectivity index (χ4v) is 1.23. The molecule has 14 heavy (non-hydrogen) atoms. The van der Waals surface area contributed by atoms with Crippen molar-refractivity contribution in [3.8, 4) is 0 Å². The lowest BCUT2D eigenvalue weighted by Gasteiger charge is -2.00. The fraction of sp³-hybridized carbons (Fsp3) is 0.222. The molecule has 0 radical (unpaired) electrons. The second-order valence-corrected chi connectivity index (χ2v) is 2.75. The van der Waals surface area contributed by atoms with E-state index in [0.29, 0.717) is 11.1 Å². The molecule has 0 bridgehead atoms. The van der Waals surface area contributed by atoms with Gasteiger partial charge in [0.05, 0.1) is 17.0 Å². The molecule has 0 aliphatic carbocycles. The second kappa shape index (κ2) is 4.30. The van der Waals surface area contributed by atoms with Crippen molar-refractivity contribution in [3.05, 3.63) is 39.4 Å². The van der Waals surface area contributed by atoms with Gasteiger partial charge in [0.25, 0.3) is 5.69 Å². The minimum Gasteiger partial charge on any atom is -0.258 e. The molecule has 0 aliphatic heterocycles. The van der Waals surface area contributed by atoms with Gasteiger partial charge in [0, 0.05) is 5.56 Å². The lowest BCUT2D eigenvalue weighted by atomic mass is 10.1. The first-order chi connectivity index (χ1) is 6.66. The minimum atomic E-state index is -0.467. The van der Waals surface area contributed by atoms with Gasteiger partial charge in [-0.2, -0.15) is 0 Å². The van der Waals surface area contributed by atoms with E-state index in [1.807, 2.05) is 0 Å². The molecule has 5 nitrogen and oxygen atoms in total. The highest BCUT2D eigenvalue weighted by Crippen LogP contribution is 2.23. The lowest BCUT2D eigenvalue weighted by molar-refractivity contribution is -0.386. The zero-order chi connectivity index (χ0) is 10.6. The van der Waals surface area contributed by atoms with Gasteiger partial charge in [-0.3, -0.25) is 10.1 Å². The zero-order valence-electron chi connectivity index (χ0n) is 7.56. The topological polar surface area (TPSA) is 72.6 Å². The number of para-hydroxylation sites is 1. The maximum Gasteiger partial charge on any atom is 0.277 e. The van der Waals surface area contributed by atoms with Gasteiger partial charge in [-0.05, 0) is 6.92 Å². The van der Waals surface area contributed by atoms with Crippen LogP contribution in [0.5, 0.6) is 0 Å². The maximum absolute atomic E-state index is 10.7. The third kappa shape index (κ3) is 2.02. The third-order valence-electron chi connectivity index (χ3n) is 1.82. The molecular formula is C9H8N2O3. The molecule has 0 saturated carbocycles. The summed E-state index contributed by atoms with van der Waals surface area (Å²) in [6, 6.07) is 4.91. The molecule has 0 amide bonds. The Morgan fingerprint density at radius 2 is 2.29 bits per heavy atom. The predicted octanol–water partition coefficient (Wildman–Crippen LogP) is 1.74. The summed E-state index contributed by atoms with van der Waals surface area (Å²) in [5.41, 5.74) is 1.01. The number of aryl methyl sites for hydroxylation is 1. The Hall–Kier alpha value is -2.00. The van der Waals surface area contributed by atoms with Crippen LogP contribution in [-0.4, -0.2) is 11.0 Å². The molecule has 72 valence electrons. The van der Waals surface area contributed by atoms with Crippen molar-refractivity contribution in [2.24, 2.45) is 4.99 Å².